The number of hydrogen-bond donors (Lipinski definition) is 2. The molecule has 1 aliphatic rings. The van der Waals surface area contributed by atoms with E-state index < -0.39 is 0 Å². The molecule has 0 atom stereocenters. The van der Waals surface area contributed by atoms with Gasteiger partial charge in [-0.3, -0.25) is 4.99 Å². The molecule has 0 aromatic heterocycles. The second-order valence-electron chi connectivity index (χ2n) is 7.89. The predicted molar refractivity (Wildman–Crippen MR) is 138 cm³/mol. The number of hydrogen-bond acceptors (Lipinski definition) is 5. The van der Waals surface area contributed by atoms with Gasteiger partial charge < -0.3 is 29.7 Å². The van der Waals surface area contributed by atoms with Crippen LogP contribution in [0.4, 0.5) is 0 Å². The van der Waals surface area contributed by atoms with E-state index in [2.05, 4.69) is 45.6 Å². The highest BCUT2D eigenvalue weighted by atomic mass is 127. The van der Waals surface area contributed by atoms with Crippen LogP contribution >= 0.6 is 24.0 Å². The van der Waals surface area contributed by atoms with Gasteiger partial charge in [0.05, 0.1) is 13.2 Å². The minimum absolute atomic E-state index is 0. The lowest BCUT2D eigenvalue weighted by Crippen LogP contribution is -2.43. The quantitative estimate of drug-likeness (QED) is 0.181. The van der Waals surface area contributed by atoms with E-state index in [4.69, 9.17) is 14.2 Å². The summed E-state index contributed by atoms with van der Waals surface area (Å²) in [6, 6.07) is 6.33. The Morgan fingerprint density at radius 2 is 1.84 bits per heavy atom. The van der Waals surface area contributed by atoms with Gasteiger partial charge in [-0.15, -0.1) is 24.0 Å². The van der Waals surface area contributed by atoms with Crippen LogP contribution in [0.25, 0.3) is 0 Å². The monoisotopic (exact) mass is 548 g/mol. The van der Waals surface area contributed by atoms with Crippen LogP contribution in [0.5, 0.6) is 5.75 Å². The number of piperidine rings is 1. The molecule has 0 saturated carbocycles. The summed E-state index contributed by atoms with van der Waals surface area (Å²) < 4.78 is 16.3. The first kappa shape index (κ1) is 27.9. The number of halogens is 1. The molecule has 1 aliphatic heterocycles. The van der Waals surface area contributed by atoms with Crippen molar-refractivity contribution >= 4 is 29.9 Å². The van der Waals surface area contributed by atoms with E-state index in [1.165, 1.54) is 18.4 Å². The fourth-order valence-corrected chi connectivity index (χ4v) is 3.60. The summed E-state index contributed by atoms with van der Waals surface area (Å²) in [7, 11) is 5.30. The van der Waals surface area contributed by atoms with Crippen molar-refractivity contribution in [3.05, 3.63) is 29.3 Å². The minimum Gasteiger partial charge on any atom is -0.493 e. The summed E-state index contributed by atoms with van der Waals surface area (Å²) in [6.45, 7) is 9.22. The maximum atomic E-state index is 5.99. The van der Waals surface area contributed by atoms with Crippen LogP contribution in [0, 0.1) is 12.8 Å². The van der Waals surface area contributed by atoms with Crippen LogP contribution in [0.2, 0.25) is 0 Å². The van der Waals surface area contributed by atoms with E-state index in [-0.39, 0.29) is 24.0 Å². The third-order valence-corrected chi connectivity index (χ3v) is 5.52. The molecule has 0 radical (unpaired) electrons. The van der Waals surface area contributed by atoms with Gasteiger partial charge in [0.15, 0.2) is 5.96 Å². The molecule has 178 valence electrons. The Bertz CT molecular complexity index is 637. The molecule has 7 nitrogen and oxygen atoms in total. The number of guanidine groups is 1. The molecule has 0 aliphatic carbocycles. The topological polar surface area (TPSA) is 67.4 Å². The van der Waals surface area contributed by atoms with E-state index in [9.17, 15) is 0 Å². The van der Waals surface area contributed by atoms with Gasteiger partial charge in [0.2, 0.25) is 0 Å². The number of aliphatic imine (C=N–C) groups is 1. The van der Waals surface area contributed by atoms with Gasteiger partial charge in [-0.25, -0.2) is 0 Å². The van der Waals surface area contributed by atoms with Crippen LogP contribution in [0.15, 0.2) is 23.2 Å². The Labute approximate surface area is 205 Å². The van der Waals surface area contributed by atoms with Crippen LogP contribution < -0.4 is 15.4 Å². The minimum atomic E-state index is 0. The number of methoxy groups -OCH3 is 2. The molecular weight excluding hydrogens is 507 g/mol. The van der Waals surface area contributed by atoms with Crippen molar-refractivity contribution in [1.29, 1.82) is 0 Å². The van der Waals surface area contributed by atoms with Gasteiger partial charge in [0, 0.05) is 59.5 Å². The van der Waals surface area contributed by atoms with Gasteiger partial charge in [0.1, 0.15) is 5.75 Å². The van der Waals surface area contributed by atoms with Crippen molar-refractivity contribution in [3.8, 4) is 5.75 Å². The third-order valence-electron chi connectivity index (χ3n) is 5.52. The fourth-order valence-electron chi connectivity index (χ4n) is 3.60. The van der Waals surface area contributed by atoms with E-state index >= 15 is 0 Å². The zero-order valence-electron chi connectivity index (χ0n) is 19.6. The molecule has 1 aromatic carbocycles. The summed E-state index contributed by atoms with van der Waals surface area (Å²) in [6.07, 6.45) is 3.31. The fraction of sp³-hybridized carbons (Fsp3) is 0.696. The van der Waals surface area contributed by atoms with Crippen molar-refractivity contribution in [1.82, 2.24) is 15.5 Å². The van der Waals surface area contributed by atoms with Gasteiger partial charge >= 0.3 is 0 Å². The Morgan fingerprint density at radius 3 is 2.52 bits per heavy atom. The van der Waals surface area contributed by atoms with E-state index in [1.54, 1.807) is 14.2 Å². The number of likely N-dealkylation sites (tertiary alicyclic amines) is 1. The number of aryl methyl sites for hydroxylation is 1. The maximum Gasteiger partial charge on any atom is 0.191 e. The van der Waals surface area contributed by atoms with E-state index in [0.717, 1.165) is 56.5 Å². The molecule has 1 heterocycles. The van der Waals surface area contributed by atoms with Crippen molar-refractivity contribution in [2.75, 3.05) is 67.3 Å². The Kier molecular flexibility index (Phi) is 14.9. The van der Waals surface area contributed by atoms with Gasteiger partial charge in [-0.05, 0) is 50.4 Å². The molecule has 2 N–H and O–H groups in total. The number of ether oxygens (including phenoxy) is 3. The molecule has 31 heavy (non-hydrogen) atoms. The normalized spacial score (nSPS) is 15.4. The second kappa shape index (κ2) is 16.5. The molecule has 1 fully saturated rings. The lowest BCUT2D eigenvalue weighted by molar-refractivity contribution is 0.121. The third kappa shape index (κ3) is 10.9. The smallest absolute Gasteiger partial charge is 0.191 e. The second-order valence-corrected chi connectivity index (χ2v) is 7.89. The Hall–Kier alpha value is -1.10. The zero-order valence-corrected chi connectivity index (χ0v) is 21.9. The average molecular weight is 549 g/mol. The molecule has 2 rings (SSSR count). The largest absolute Gasteiger partial charge is 0.493 e. The van der Waals surface area contributed by atoms with Crippen LogP contribution in [0.1, 0.15) is 30.4 Å². The predicted octanol–water partition coefficient (Wildman–Crippen LogP) is 3.05. The van der Waals surface area contributed by atoms with E-state index in [1.807, 2.05) is 7.05 Å². The Balaban J connectivity index is 0.00000480. The van der Waals surface area contributed by atoms with Gasteiger partial charge in [0.25, 0.3) is 0 Å². The lowest BCUT2D eigenvalue weighted by atomic mass is 9.97. The molecular formula is C23H41IN4O3. The zero-order chi connectivity index (χ0) is 21.6. The first-order valence-corrected chi connectivity index (χ1v) is 11.0. The molecule has 0 amide bonds. The Morgan fingerprint density at radius 1 is 1.10 bits per heavy atom. The first-order chi connectivity index (χ1) is 14.7. The number of rotatable bonds is 12. The summed E-state index contributed by atoms with van der Waals surface area (Å²) in [5.41, 5.74) is 2.33. The van der Waals surface area contributed by atoms with E-state index in [0.29, 0.717) is 25.7 Å². The van der Waals surface area contributed by atoms with Gasteiger partial charge in [-0.2, -0.15) is 0 Å². The molecule has 1 saturated heterocycles. The lowest BCUT2D eigenvalue weighted by Gasteiger charge is -2.32. The number of nitrogens with zero attached hydrogens (tertiary/aromatic N) is 2. The number of nitrogens with one attached hydrogen (secondary N) is 2. The molecule has 0 unspecified atom stereocenters. The van der Waals surface area contributed by atoms with Crippen molar-refractivity contribution < 1.29 is 14.2 Å². The summed E-state index contributed by atoms with van der Waals surface area (Å²) in [5.74, 6) is 2.45. The van der Waals surface area contributed by atoms with Crippen molar-refractivity contribution in [2.24, 2.45) is 10.9 Å². The van der Waals surface area contributed by atoms with Crippen LogP contribution in [-0.4, -0.2) is 78.1 Å². The standard InChI is InChI=1S/C23H40N4O3.HI/c1-19-6-7-21(22(16-19)30-14-5-13-28-3)18-26-23(24-2)25-17-20-8-10-27(11-9-20)12-15-29-4;/h6-7,16,20H,5,8-15,17-18H2,1-4H3,(H2,24,25,26);1H. The summed E-state index contributed by atoms with van der Waals surface area (Å²) >= 11 is 0. The maximum absolute atomic E-state index is 5.99. The molecule has 1 aromatic rings. The van der Waals surface area contributed by atoms with Crippen LogP contribution in [-0.2, 0) is 16.0 Å². The van der Waals surface area contributed by atoms with Crippen molar-refractivity contribution in [3.63, 3.8) is 0 Å². The highest BCUT2D eigenvalue weighted by molar-refractivity contribution is 14.0. The highest BCUT2D eigenvalue weighted by Crippen LogP contribution is 2.21. The summed E-state index contributed by atoms with van der Waals surface area (Å²) in [4.78, 5) is 6.87. The molecule has 0 bridgehead atoms. The molecule has 8 heteroatoms. The molecule has 0 spiro atoms. The first-order valence-electron chi connectivity index (χ1n) is 11.0. The van der Waals surface area contributed by atoms with Gasteiger partial charge in [-0.1, -0.05) is 12.1 Å². The highest BCUT2D eigenvalue weighted by Gasteiger charge is 2.19. The van der Waals surface area contributed by atoms with Crippen molar-refractivity contribution in [2.45, 2.75) is 32.7 Å². The summed E-state index contributed by atoms with van der Waals surface area (Å²) in [5, 5.41) is 6.93. The SMILES string of the molecule is CN=C(NCc1ccc(C)cc1OCCCOC)NCC1CCN(CCOC)CC1.I. The number of benzene rings is 1. The van der Waals surface area contributed by atoms with Crippen LogP contribution in [0.3, 0.4) is 0 Å². The average Bonchev–Trinajstić information content (AvgIpc) is 2.77.